The molecule has 0 aliphatic rings. The fourth-order valence-electron chi connectivity index (χ4n) is 3.38. The third-order valence-corrected chi connectivity index (χ3v) is 5.39. The topological polar surface area (TPSA) is 121 Å². The minimum atomic E-state index is -3.37. The summed E-state index contributed by atoms with van der Waals surface area (Å²) in [5, 5.41) is 14.5. The fraction of sp³-hybridized carbons (Fsp3) is 0.261. The maximum absolute atomic E-state index is 11.4. The molecule has 0 bridgehead atoms. The molecule has 1 aromatic heterocycles. The van der Waals surface area contributed by atoms with E-state index in [1.807, 2.05) is 25.1 Å². The Bertz CT molecular complexity index is 1220. The summed E-state index contributed by atoms with van der Waals surface area (Å²) in [6, 6.07) is 12.4. The molecule has 0 fully saturated rings. The molecule has 0 saturated carbocycles. The van der Waals surface area contributed by atoms with Crippen LogP contribution in [0.1, 0.15) is 22.9 Å². The Morgan fingerprint density at radius 2 is 2.06 bits per heavy atom. The molecule has 3 aromatic rings. The van der Waals surface area contributed by atoms with Crippen LogP contribution in [0.25, 0.3) is 17.0 Å². The SMILES string of the molecule is Cc1[nH]c2cc(OCCNC[C@H](O)c3cccc(NS(C)(=O)=O)c3)ccc2c1C=C[C]=O. The Labute approximate surface area is 187 Å². The number of aromatic nitrogens is 1. The van der Waals surface area contributed by atoms with Crippen LogP contribution >= 0.6 is 0 Å². The lowest BCUT2D eigenvalue weighted by atomic mass is 10.1. The highest BCUT2D eigenvalue weighted by Crippen LogP contribution is 2.27. The van der Waals surface area contributed by atoms with E-state index in [4.69, 9.17) is 4.74 Å². The van der Waals surface area contributed by atoms with Crippen LogP contribution in [0.2, 0.25) is 0 Å². The highest BCUT2D eigenvalue weighted by molar-refractivity contribution is 7.92. The van der Waals surface area contributed by atoms with Crippen LogP contribution in [-0.4, -0.2) is 50.7 Å². The molecular weight excluding hydrogens is 430 g/mol. The van der Waals surface area contributed by atoms with E-state index in [0.717, 1.165) is 28.4 Å². The van der Waals surface area contributed by atoms with Gasteiger partial charge in [-0.2, -0.15) is 0 Å². The molecule has 0 amide bonds. The normalized spacial score (nSPS) is 12.8. The van der Waals surface area contributed by atoms with Gasteiger partial charge in [-0.1, -0.05) is 12.1 Å². The molecule has 0 unspecified atom stereocenters. The van der Waals surface area contributed by atoms with Gasteiger partial charge in [0.15, 0.2) is 0 Å². The first-order valence-electron chi connectivity index (χ1n) is 10.0. The number of nitrogens with one attached hydrogen (secondary N) is 3. The molecule has 4 N–H and O–H groups in total. The summed E-state index contributed by atoms with van der Waals surface area (Å²) >= 11 is 0. The number of carbonyl (C=O) groups excluding carboxylic acids is 1. The molecule has 0 aliphatic heterocycles. The molecule has 0 saturated heterocycles. The molecule has 9 heteroatoms. The second-order valence-corrected chi connectivity index (χ2v) is 9.14. The van der Waals surface area contributed by atoms with Crippen LogP contribution in [0.15, 0.2) is 48.5 Å². The Morgan fingerprint density at radius 3 is 2.81 bits per heavy atom. The van der Waals surface area contributed by atoms with E-state index in [9.17, 15) is 18.3 Å². The number of benzene rings is 2. The number of sulfonamides is 1. The van der Waals surface area contributed by atoms with Gasteiger partial charge in [0.05, 0.1) is 12.4 Å². The Kier molecular flexibility index (Phi) is 7.68. The van der Waals surface area contributed by atoms with E-state index in [2.05, 4.69) is 15.0 Å². The lowest BCUT2D eigenvalue weighted by molar-refractivity contribution is 0.172. The molecule has 1 atom stereocenters. The number of aliphatic hydroxyl groups excluding tert-OH is 1. The van der Waals surface area contributed by atoms with Gasteiger partial charge in [-0.25, -0.2) is 8.42 Å². The molecule has 1 heterocycles. The highest BCUT2D eigenvalue weighted by atomic mass is 32.2. The van der Waals surface area contributed by atoms with Crippen molar-refractivity contribution >= 4 is 39.0 Å². The summed E-state index contributed by atoms with van der Waals surface area (Å²) in [4.78, 5) is 13.7. The van der Waals surface area contributed by atoms with Crippen molar-refractivity contribution in [3.63, 3.8) is 0 Å². The summed E-state index contributed by atoms with van der Waals surface area (Å²) in [6.07, 6.45) is 5.12. The Balaban J connectivity index is 1.49. The number of allylic oxidation sites excluding steroid dienone is 1. The van der Waals surface area contributed by atoms with Gasteiger partial charge in [0.25, 0.3) is 0 Å². The number of aliphatic hydroxyl groups is 1. The lowest BCUT2D eigenvalue weighted by Crippen LogP contribution is -2.26. The first kappa shape index (κ1) is 23.5. The van der Waals surface area contributed by atoms with E-state index >= 15 is 0 Å². The van der Waals surface area contributed by atoms with Crippen molar-refractivity contribution in [3.8, 4) is 5.75 Å². The largest absolute Gasteiger partial charge is 0.492 e. The van der Waals surface area contributed by atoms with Crippen LogP contribution in [0, 0.1) is 6.92 Å². The van der Waals surface area contributed by atoms with Gasteiger partial charge >= 0.3 is 0 Å². The van der Waals surface area contributed by atoms with E-state index in [1.165, 1.54) is 6.08 Å². The zero-order valence-corrected chi connectivity index (χ0v) is 18.7. The van der Waals surface area contributed by atoms with Gasteiger partial charge in [0, 0.05) is 47.0 Å². The number of H-pyrrole nitrogens is 1. The monoisotopic (exact) mass is 456 g/mol. The minimum absolute atomic E-state index is 0.296. The van der Waals surface area contributed by atoms with Crippen LogP contribution in [-0.2, 0) is 14.8 Å². The quantitative estimate of drug-likeness (QED) is 0.260. The predicted octanol–water partition coefficient (Wildman–Crippen LogP) is 2.67. The average molecular weight is 457 g/mol. The van der Waals surface area contributed by atoms with Crippen molar-refractivity contribution in [2.24, 2.45) is 0 Å². The number of aryl methyl sites for hydroxylation is 1. The lowest BCUT2D eigenvalue weighted by Gasteiger charge is -2.14. The number of hydrogen-bond acceptors (Lipinski definition) is 6. The highest BCUT2D eigenvalue weighted by Gasteiger charge is 2.10. The van der Waals surface area contributed by atoms with E-state index < -0.39 is 16.1 Å². The van der Waals surface area contributed by atoms with Crippen LogP contribution in [0.3, 0.4) is 0 Å². The molecule has 0 aliphatic carbocycles. The van der Waals surface area contributed by atoms with Crippen LogP contribution < -0.4 is 14.8 Å². The van der Waals surface area contributed by atoms with Crippen LogP contribution in [0.5, 0.6) is 5.75 Å². The fourth-order valence-corrected chi connectivity index (χ4v) is 3.93. The maximum Gasteiger partial charge on any atom is 0.229 e. The number of aromatic amines is 1. The first-order chi connectivity index (χ1) is 15.3. The number of hydrogen-bond donors (Lipinski definition) is 4. The Morgan fingerprint density at radius 1 is 1.25 bits per heavy atom. The average Bonchev–Trinajstić information content (AvgIpc) is 3.05. The molecule has 2 aromatic carbocycles. The van der Waals surface area contributed by atoms with E-state index in [1.54, 1.807) is 36.6 Å². The molecule has 0 spiro atoms. The van der Waals surface area contributed by atoms with Crippen molar-refractivity contribution in [2.45, 2.75) is 13.0 Å². The second kappa shape index (κ2) is 10.4. The van der Waals surface area contributed by atoms with Crippen molar-refractivity contribution in [3.05, 3.63) is 65.4 Å². The summed E-state index contributed by atoms with van der Waals surface area (Å²) in [7, 11) is -3.37. The summed E-state index contributed by atoms with van der Waals surface area (Å²) in [5.74, 6) is 0.707. The van der Waals surface area contributed by atoms with Gasteiger partial charge < -0.3 is 20.1 Å². The predicted molar refractivity (Wildman–Crippen MR) is 126 cm³/mol. The first-order valence-corrected chi connectivity index (χ1v) is 11.9. The molecule has 3 rings (SSSR count). The van der Waals surface area contributed by atoms with E-state index in [0.29, 0.717) is 36.7 Å². The molecule has 8 nitrogen and oxygen atoms in total. The zero-order chi connectivity index (χ0) is 23.1. The summed E-state index contributed by atoms with van der Waals surface area (Å²) < 4.78 is 30.9. The number of fused-ring (bicyclic) bond motifs is 1. The van der Waals surface area contributed by atoms with Crippen molar-refractivity contribution in [1.82, 2.24) is 10.3 Å². The van der Waals surface area contributed by atoms with Crippen molar-refractivity contribution in [2.75, 3.05) is 30.7 Å². The number of rotatable bonds is 11. The number of ether oxygens (including phenoxy) is 1. The van der Waals surface area contributed by atoms with Crippen molar-refractivity contribution in [1.29, 1.82) is 0 Å². The zero-order valence-electron chi connectivity index (χ0n) is 17.9. The molecule has 32 heavy (non-hydrogen) atoms. The smallest absolute Gasteiger partial charge is 0.229 e. The molecular formula is C23H26N3O5S. The van der Waals surface area contributed by atoms with Gasteiger partial charge in [-0.15, -0.1) is 0 Å². The van der Waals surface area contributed by atoms with Gasteiger partial charge in [0.2, 0.25) is 16.3 Å². The summed E-state index contributed by atoms with van der Waals surface area (Å²) in [6.45, 7) is 3.15. The maximum atomic E-state index is 11.4. The summed E-state index contributed by atoms with van der Waals surface area (Å²) in [5.41, 5.74) is 3.83. The minimum Gasteiger partial charge on any atom is -0.492 e. The standard InChI is InChI=1S/C23H26N3O5S/c1-16-20(7-4-11-27)21-9-8-19(14-22(21)25-16)31-12-10-24-15-23(28)17-5-3-6-18(13-17)26-32(2,29)30/h3-9,13-14,23-26,28H,10,12,15H2,1-2H3/t23-/m0/s1. The number of anilines is 1. The third-order valence-electron chi connectivity index (χ3n) is 4.79. The molecule has 169 valence electrons. The van der Waals surface area contributed by atoms with Gasteiger partial charge in [-0.3, -0.25) is 9.52 Å². The van der Waals surface area contributed by atoms with E-state index in [-0.39, 0.29) is 0 Å². The van der Waals surface area contributed by atoms with Gasteiger partial charge in [-0.05, 0) is 48.9 Å². The Hall–Kier alpha value is -3.14. The van der Waals surface area contributed by atoms with Crippen molar-refractivity contribution < 1.29 is 23.1 Å². The molecule has 1 radical (unpaired) electrons. The van der Waals surface area contributed by atoms with Gasteiger partial charge in [0.1, 0.15) is 12.4 Å². The third kappa shape index (κ3) is 6.43. The van der Waals surface area contributed by atoms with Crippen LogP contribution in [0.4, 0.5) is 5.69 Å². The second-order valence-electron chi connectivity index (χ2n) is 7.39.